The quantitative estimate of drug-likeness (QED) is 0.493. The van der Waals surface area contributed by atoms with Gasteiger partial charge in [0.05, 0.1) is 15.8 Å². The van der Waals surface area contributed by atoms with Crippen LogP contribution in [-0.4, -0.2) is 4.98 Å². The normalized spacial score (nSPS) is 11.2. The molecule has 0 fully saturated rings. The molecule has 20 heavy (non-hydrogen) atoms. The highest BCUT2D eigenvalue weighted by molar-refractivity contribution is 7.21. The number of hydrogen-bond donors (Lipinski definition) is 0. The van der Waals surface area contributed by atoms with Crippen LogP contribution >= 0.6 is 11.3 Å². The molecule has 0 bridgehead atoms. The molecule has 4 rings (SSSR count). The van der Waals surface area contributed by atoms with E-state index in [4.69, 9.17) is 4.42 Å². The Balaban J connectivity index is 2.01. The summed E-state index contributed by atoms with van der Waals surface area (Å²) < 4.78 is 6.42. The van der Waals surface area contributed by atoms with Crippen LogP contribution in [0.25, 0.3) is 31.8 Å². The van der Waals surface area contributed by atoms with Crippen molar-refractivity contribution in [1.82, 2.24) is 4.98 Å². The van der Waals surface area contributed by atoms with Crippen molar-refractivity contribution in [2.24, 2.45) is 0 Å². The van der Waals surface area contributed by atoms with Crippen LogP contribution in [0.1, 0.15) is 0 Å². The van der Waals surface area contributed by atoms with Crippen LogP contribution in [0.15, 0.2) is 63.8 Å². The van der Waals surface area contributed by atoms with E-state index >= 15 is 0 Å². The standard InChI is InChI=1S/C16H9NO2S/c18-16-11(9-10-5-1-3-7-13(10)19-16)15-17-12-6-2-4-8-14(12)20-15/h1-9H. The molecule has 0 saturated carbocycles. The first-order chi connectivity index (χ1) is 9.81. The monoisotopic (exact) mass is 279 g/mol. The van der Waals surface area contributed by atoms with Gasteiger partial charge in [-0.15, -0.1) is 11.3 Å². The molecule has 0 amide bonds. The van der Waals surface area contributed by atoms with Gasteiger partial charge in [-0.05, 0) is 24.3 Å². The third-order valence-electron chi connectivity index (χ3n) is 3.17. The summed E-state index contributed by atoms with van der Waals surface area (Å²) >= 11 is 1.50. The zero-order chi connectivity index (χ0) is 13.5. The molecule has 96 valence electrons. The molecule has 3 nitrogen and oxygen atoms in total. The van der Waals surface area contributed by atoms with Crippen LogP contribution in [0, 0.1) is 0 Å². The summed E-state index contributed by atoms with van der Waals surface area (Å²) in [5, 5.41) is 1.60. The summed E-state index contributed by atoms with van der Waals surface area (Å²) in [4.78, 5) is 16.6. The molecule has 0 aliphatic heterocycles. The smallest absolute Gasteiger partial charge is 0.346 e. The Bertz CT molecular complexity index is 951. The molecular weight excluding hydrogens is 270 g/mol. The van der Waals surface area contributed by atoms with E-state index < -0.39 is 0 Å². The van der Waals surface area contributed by atoms with Gasteiger partial charge < -0.3 is 4.42 Å². The fourth-order valence-corrected chi connectivity index (χ4v) is 3.17. The minimum absolute atomic E-state index is 0.345. The molecular formula is C16H9NO2S. The number of benzene rings is 2. The SMILES string of the molecule is O=c1oc2ccccc2cc1-c1nc2ccccc2s1. The van der Waals surface area contributed by atoms with Crippen molar-refractivity contribution >= 4 is 32.5 Å². The number of fused-ring (bicyclic) bond motifs is 2. The van der Waals surface area contributed by atoms with Gasteiger partial charge in [0.15, 0.2) is 0 Å². The van der Waals surface area contributed by atoms with Crippen LogP contribution in [0.4, 0.5) is 0 Å². The van der Waals surface area contributed by atoms with Crippen molar-refractivity contribution in [3.05, 3.63) is 65.0 Å². The van der Waals surface area contributed by atoms with Crippen LogP contribution in [0.5, 0.6) is 0 Å². The molecule has 0 aliphatic carbocycles. The first-order valence-electron chi connectivity index (χ1n) is 6.20. The van der Waals surface area contributed by atoms with Gasteiger partial charge in [0.25, 0.3) is 0 Å². The Morgan fingerprint density at radius 3 is 2.70 bits per heavy atom. The van der Waals surface area contributed by atoms with Crippen LogP contribution in [-0.2, 0) is 0 Å². The minimum atomic E-state index is -0.345. The highest BCUT2D eigenvalue weighted by Gasteiger charge is 2.12. The largest absolute Gasteiger partial charge is 0.422 e. The summed E-state index contributed by atoms with van der Waals surface area (Å²) in [5.41, 5.74) is 1.68. The molecule has 4 heteroatoms. The number of para-hydroxylation sites is 2. The van der Waals surface area contributed by atoms with Crippen molar-refractivity contribution in [1.29, 1.82) is 0 Å². The van der Waals surface area contributed by atoms with Crippen LogP contribution in [0.2, 0.25) is 0 Å². The number of rotatable bonds is 1. The highest BCUT2D eigenvalue weighted by atomic mass is 32.1. The lowest BCUT2D eigenvalue weighted by molar-refractivity contribution is 0.563. The lowest BCUT2D eigenvalue weighted by Gasteiger charge is -1.98. The number of thiazole rings is 1. The van der Waals surface area contributed by atoms with Crippen LogP contribution in [0.3, 0.4) is 0 Å². The zero-order valence-corrected chi connectivity index (χ0v) is 11.2. The third-order valence-corrected chi connectivity index (χ3v) is 4.24. The number of aromatic nitrogens is 1. The Morgan fingerprint density at radius 1 is 1.00 bits per heavy atom. The first-order valence-corrected chi connectivity index (χ1v) is 7.02. The second kappa shape index (κ2) is 4.28. The van der Waals surface area contributed by atoms with Crippen LogP contribution < -0.4 is 5.63 Å². The fraction of sp³-hybridized carbons (Fsp3) is 0. The van der Waals surface area contributed by atoms with E-state index in [2.05, 4.69) is 4.98 Å². The highest BCUT2D eigenvalue weighted by Crippen LogP contribution is 2.29. The molecule has 0 aliphatic rings. The zero-order valence-electron chi connectivity index (χ0n) is 10.4. The van der Waals surface area contributed by atoms with E-state index in [1.54, 1.807) is 6.07 Å². The second-order valence-corrected chi connectivity index (χ2v) is 5.50. The summed E-state index contributed by atoms with van der Waals surface area (Å²) in [6.07, 6.45) is 0. The Morgan fingerprint density at radius 2 is 1.80 bits per heavy atom. The van der Waals surface area contributed by atoms with Crippen molar-refractivity contribution in [3.8, 4) is 10.6 Å². The predicted molar refractivity (Wildman–Crippen MR) is 81.1 cm³/mol. The molecule has 0 radical (unpaired) electrons. The van der Waals surface area contributed by atoms with Gasteiger partial charge in [0, 0.05) is 5.39 Å². The van der Waals surface area contributed by atoms with Gasteiger partial charge in [0.2, 0.25) is 0 Å². The topological polar surface area (TPSA) is 43.1 Å². The van der Waals surface area contributed by atoms with Gasteiger partial charge >= 0.3 is 5.63 Å². The Kier molecular flexibility index (Phi) is 2.44. The molecule has 0 N–H and O–H groups in total. The van der Waals surface area contributed by atoms with E-state index in [0.29, 0.717) is 16.2 Å². The van der Waals surface area contributed by atoms with E-state index in [9.17, 15) is 4.79 Å². The maximum atomic E-state index is 12.1. The molecule has 0 saturated heterocycles. The first kappa shape index (κ1) is 11.4. The van der Waals surface area contributed by atoms with Crippen molar-refractivity contribution in [2.45, 2.75) is 0 Å². The Labute approximate surface area is 118 Å². The predicted octanol–water partition coefficient (Wildman–Crippen LogP) is 4.07. The Hall–Kier alpha value is -2.46. The van der Waals surface area contributed by atoms with Gasteiger partial charge in [-0.2, -0.15) is 0 Å². The van der Waals surface area contributed by atoms with Gasteiger partial charge in [-0.3, -0.25) is 0 Å². The van der Waals surface area contributed by atoms with E-state index in [1.165, 1.54) is 11.3 Å². The summed E-state index contributed by atoms with van der Waals surface area (Å²) in [7, 11) is 0. The summed E-state index contributed by atoms with van der Waals surface area (Å²) in [6.45, 7) is 0. The molecule has 0 unspecified atom stereocenters. The molecule has 4 aromatic rings. The van der Waals surface area contributed by atoms with Crippen molar-refractivity contribution in [3.63, 3.8) is 0 Å². The maximum Gasteiger partial charge on any atom is 0.346 e. The molecule has 2 heterocycles. The van der Waals surface area contributed by atoms with Crippen molar-refractivity contribution in [2.75, 3.05) is 0 Å². The lowest BCUT2D eigenvalue weighted by Crippen LogP contribution is -2.02. The average Bonchev–Trinajstić information content (AvgIpc) is 2.90. The number of hydrogen-bond acceptors (Lipinski definition) is 4. The van der Waals surface area contributed by atoms with E-state index in [-0.39, 0.29) is 5.63 Å². The van der Waals surface area contributed by atoms with Gasteiger partial charge in [-0.1, -0.05) is 30.3 Å². The minimum Gasteiger partial charge on any atom is -0.422 e. The van der Waals surface area contributed by atoms with Crippen molar-refractivity contribution < 1.29 is 4.42 Å². The summed E-state index contributed by atoms with van der Waals surface area (Å²) in [5.74, 6) is 0. The van der Waals surface area contributed by atoms with Gasteiger partial charge in [-0.25, -0.2) is 9.78 Å². The van der Waals surface area contributed by atoms with Gasteiger partial charge in [0.1, 0.15) is 10.6 Å². The summed E-state index contributed by atoms with van der Waals surface area (Å²) in [6, 6.07) is 17.2. The van der Waals surface area contributed by atoms with E-state index in [1.807, 2.05) is 48.5 Å². The lowest BCUT2D eigenvalue weighted by atomic mass is 10.2. The fourth-order valence-electron chi connectivity index (χ4n) is 2.20. The molecule has 2 aromatic heterocycles. The molecule has 0 atom stereocenters. The molecule has 2 aromatic carbocycles. The average molecular weight is 279 g/mol. The second-order valence-electron chi connectivity index (χ2n) is 4.47. The van der Waals surface area contributed by atoms with E-state index in [0.717, 1.165) is 15.6 Å². The maximum absolute atomic E-state index is 12.1. The third kappa shape index (κ3) is 1.73. The molecule has 0 spiro atoms. The number of nitrogens with zero attached hydrogens (tertiary/aromatic N) is 1.